The quantitative estimate of drug-likeness (QED) is 0.685. The molecule has 0 saturated heterocycles. The molecular formula is C11H16OS. The first-order chi connectivity index (χ1) is 6.27. The molecule has 0 amide bonds. The van der Waals surface area contributed by atoms with Crippen LogP contribution in [0.25, 0.3) is 0 Å². The Hall–Kier alpha value is -0.470. The normalized spacial score (nSPS) is 10.4. The van der Waals surface area contributed by atoms with Gasteiger partial charge in [0.25, 0.3) is 0 Å². The summed E-state index contributed by atoms with van der Waals surface area (Å²) in [6.45, 7) is 2.95. The number of ether oxygens (including phenoxy) is 1. The molecule has 0 heterocycles. The van der Waals surface area contributed by atoms with Crippen molar-refractivity contribution in [1.82, 2.24) is 0 Å². The summed E-state index contributed by atoms with van der Waals surface area (Å²) >= 11 is 1.80. The summed E-state index contributed by atoms with van der Waals surface area (Å²) < 4.78 is 5.04. The van der Waals surface area contributed by atoms with E-state index in [-0.39, 0.29) is 0 Å². The summed E-state index contributed by atoms with van der Waals surface area (Å²) in [6, 6.07) is 6.60. The SMILES string of the molecule is COCCc1ccc(C)c(SC)c1. The molecule has 0 aliphatic rings. The highest BCUT2D eigenvalue weighted by atomic mass is 32.2. The van der Waals surface area contributed by atoms with Crippen molar-refractivity contribution in [3.8, 4) is 0 Å². The fourth-order valence-electron chi connectivity index (χ4n) is 1.24. The number of methoxy groups -OCH3 is 1. The Morgan fingerprint density at radius 2 is 2.15 bits per heavy atom. The van der Waals surface area contributed by atoms with Crippen molar-refractivity contribution in [3.63, 3.8) is 0 Å². The maximum Gasteiger partial charge on any atom is 0.0502 e. The van der Waals surface area contributed by atoms with E-state index in [1.807, 2.05) is 0 Å². The molecule has 0 bridgehead atoms. The lowest BCUT2D eigenvalue weighted by Gasteiger charge is -2.05. The smallest absolute Gasteiger partial charge is 0.0502 e. The zero-order chi connectivity index (χ0) is 9.68. The van der Waals surface area contributed by atoms with E-state index in [2.05, 4.69) is 31.4 Å². The number of aryl methyl sites for hydroxylation is 1. The van der Waals surface area contributed by atoms with Crippen LogP contribution in [0.4, 0.5) is 0 Å². The molecule has 0 aliphatic carbocycles. The summed E-state index contributed by atoms with van der Waals surface area (Å²) in [4.78, 5) is 1.37. The molecule has 1 aromatic carbocycles. The van der Waals surface area contributed by atoms with Crippen molar-refractivity contribution >= 4 is 11.8 Å². The van der Waals surface area contributed by atoms with Crippen LogP contribution in [0.3, 0.4) is 0 Å². The first-order valence-electron chi connectivity index (χ1n) is 4.40. The van der Waals surface area contributed by atoms with E-state index >= 15 is 0 Å². The highest BCUT2D eigenvalue weighted by Gasteiger charge is 1.98. The van der Waals surface area contributed by atoms with Gasteiger partial charge in [-0.2, -0.15) is 0 Å². The van der Waals surface area contributed by atoms with Gasteiger partial charge >= 0.3 is 0 Å². The molecule has 72 valence electrons. The molecule has 0 aromatic heterocycles. The van der Waals surface area contributed by atoms with Gasteiger partial charge in [-0.3, -0.25) is 0 Å². The molecule has 1 aromatic rings. The van der Waals surface area contributed by atoms with E-state index in [4.69, 9.17) is 4.74 Å². The zero-order valence-corrected chi connectivity index (χ0v) is 9.28. The summed E-state index contributed by atoms with van der Waals surface area (Å²) in [6.07, 6.45) is 3.12. The predicted molar refractivity (Wildman–Crippen MR) is 58.5 cm³/mol. The van der Waals surface area contributed by atoms with Crippen LogP contribution in [0.15, 0.2) is 23.1 Å². The van der Waals surface area contributed by atoms with Crippen LogP contribution in [-0.4, -0.2) is 20.0 Å². The number of benzene rings is 1. The van der Waals surface area contributed by atoms with Crippen molar-refractivity contribution < 1.29 is 4.74 Å². The van der Waals surface area contributed by atoms with E-state index in [1.165, 1.54) is 16.0 Å². The van der Waals surface area contributed by atoms with Crippen LogP contribution in [-0.2, 0) is 11.2 Å². The van der Waals surface area contributed by atoms with Crippen molar-refractivity contribution in [2.45, 2.75) is 18.2 Å². The van der Waals surface area contributed by atoms with Gasteiger partial charge in [0, 0.05) is 12.0 Å². The third kappa shape index (κ3) is 3.05. The molecule has 0 aliphatic heterocycles. The molecule has 1 rings (SSSR count). The topological polar surface area (TPSA) is 9.23 Å². The Morgan fingerprint density at radius 1 is 1.38 bits per heavy atom. The van der Waals surface area contributed by atoms with Gasteiger partial charge < -0.3 is 4.74 Å². The Kier molecular flexibility index (Phi) is 4.33. The van der Waals surface area contributed by atoms with Gasteiger partial charge in [-0.15, -0.1) is 11.8 Å². The van der Waals surface area contributed by atoms with Crippen molar-refractivity contribution in [2.75, 3.05) is 20.0 Å². The lowest BCUT2D eigenvalue weighted by Crippen LogP contribution is -1.94. The van der Waals surface area contributed by atoms with Crippen LogP contribution >= 0.6 is 11.8 Å². The van der Waals surface area contributed by atoms with Crippen LogP contribution in [0.1, 0.15) is 11.1 Å². The lowest BCUT2D eigenvalue weighted by atomic mass is 10.1. The van der Waals surface area contributed by atoms with Gasteiger partial charge in [0.05, 0.1) is 6.61 Å². The number of thioether (sulfide) groups is 1. The zero-order valence-electron chi connectivity index (χ0n) is 8.46. The first kappa shape index (κ1) is 10.6. The maximum absolute atomic E-state index is 5.04. The van der Waals surface area contributed by atoms with E-state index in [1.54, 1.807) is 18.9 Å². The Labute approximate surface area is 84.5 Å². The molecular weight excluding hydrogens is 180 g/mol. The molecule has 0 spiro atoms. The summed E-state index contributed by atoms with van der Waals surface area (Å²) in [5.74, 6) is 0. The fraction of sp³-hybridized carbons (Fsp3) is 0.455. The molecule has 0 fully saturated rings. The summed E-state index contributed by atoms with van der Waals surface area (Å²) in [7, 11) is 1.74. The first-order valence-corrected chi connectivity index (χ1v) is 5.63. The lowest BCUT2D eigenvalue weighted by molar-refractivity contribution is 0.202. The van der Waals surface area contributed by atoms with Gasteiger partial charge in [0.1, 0.15) is 0 Å². The molecule has 2 heteroatoms. The molecule has 0 unspecified atom stereocenters. The second kappa shape index (κ2) is 5.30. The largest absolute Gasteiger partial charge is 0.384 e. The molecule has 0 saturated carbocycles. The molecule has 0 atom stereocenters. The van der Waals surface area contributed by atoms with Gasteiger partial charge in [-0.25, -0.2) is 0 Å². The second-order valence-corrected chi connectivity index (χ2v) is 3.89. The number of rotatable bonds is 4. The number of hydrogen-bond acceptors (Lipinski definition) is 2. The third-order valence-electron chi connectivity index (χ3n) is 2.07. The average molecular weight is 196 g/mol. The summed E-state index contributed by atoms with van der Waals surface area (Å²) in [5, 5.41) is 0. The average Bonchev–Trinajstić information content (AvgIpc) is 2.16. The van der Waals surface area contributed by atoms with Crippen molar-refractivity contribution in [2.24, 2.45) is 0 Å². The van der Waals surface area contributed by atoms with Crippen molar-refractivity contribution in [1.29, 1.82) is 0 Å². The van der Waals surface area contributed by atoms with Gasteiger partial charge in [-0.1, -0.05) is 12.1 Å². The monoisotopic (exact) mass is 196 g/mol. The standard InChI is InChI=1S/C11H16OS/c1-9-4-5-10(6-7-12-2)8-11(9)13-3/h4-5,8H,6-7H2,1-3H3. The minimum Gasteiger partial charge on any atom is -0.384 e. The van der Waals surface area contributed by atoms with E-state index in [0.29, 0.717) is 0 Å². The van der Waals surface area contributed by atoms with Gasteiger partial charge in [0.2, 0.25) is 0 Å². The highest BCUT2D eigenvalue weighted by Crippen LogP contribution is 2.21. The predicted octanol–water partition coefficient (Wildman–Crippen LogP) is 2.91. The maximum atomic E-state index is 5.04. The van der Waals surface area contributed by atoms with E-state index < -0.39 is 0 Å². The highest BCUT2D eigenvalue weighted by molar-refractivity contribution is 7.98. The third-order valence-corrected chi connectivity index (χ3v) is 2.95. The van der Waals surface area contributed by atoms with Crippen LogP contribution < -0.4 is 0 Å². The molecule has 1 nitrogen and oxygen atoms in total. The molecule has 0 N–H and O–H groups in total. The van der Waals surface area contributed by atoms with Crippen LogP contribution in [0, 0.1) is 6.92 Å². The Bertz CT molecular complexity index is 271. The number of hydrogen-bond donors (Lipinski definition) is 0. The van der Waals surface area contributed by atoms with Crippen LogP contribution in [0.2, 0.25) is 0 Å². The Morgan fingerprint density at radius 3 is 2.77 bits per heavy atom. The molecule has 13 heavy (non-hydrogen) atoms. The fourth-order valence-corrected chi connectivity index (χ4v) is 1.90. The van der Waals surface area contributed by atoms with Crippen LogP contribution in [0.5, 0.6) is 0 Å². The van der Waals surface area contributed by atoms with Gasteiger partial charge in [0.15, 0.2) is 0 Å². The van der Waals surface area contributed by atoms with E-state index in [0.717, 1.165) is 13.0 Å². The Balaban J connectivity index is 2.74. The molecule has 0 radical (unpaired) electrons. The van der Waals surface area contributed by atoms with E-state index in [9.17, 15) is 0 Å². The minimum absolute atomic E-state index is 0.802. The van der Waals surface area contributed by atoms with Crippen molar-refractivity contribution in [3.05, 3.63) is 29.3 Å². The second-order valence-electron chi connectivity index (χ2n) is 3.05. The van der Waals surface area contributed by atoms with Gasteiger partial charge in [-0.05, 0) is 36.8 Å². The summed E-state index contributed by atoms with van der Waals surface area (Å²) in [5.41, 5.74) is 2.71. The minimum atomic E-state index is 0.802.